The Hall–Kier alpha value is -2.41. The number of rotatable bonds is 3. The van der Waals surface area contributed by atoms with Gasteiger partial charge in [-0.1, -0.05) is 18.2 Å². The maximum absolute atomic E-state index is 11.4. The topological polar surface area (TPSA) is 67.2 Å². The molecule has 0 aliphatic heterocycles. The molecule has 4 nitrogen and oxygen atoms in total. The predicted octanol–water partition coefficient (Wildman–Crippen LogP) is 1.70. The summed E-state index contributed by atoms with van der Waals surface area (Å²) in [7, 11) is 1.20. The van der Waals surface area contributed by atoms with Gasteiger partial charge < -0.3 is 4.74 Å². The molecule has 1 aromatic rings. The Labute approximate surface area is 99.1 Å². The van der Waals surface area contributed by atoms with Crippen LogP contribution in [0.25, 0.3) is 6.08 Å². The second-order valence-electron chi connectivity index (χ2n) is 3.30. The van der Waals surface area contributed by atoms with Crippen molar-refractivity contribution >= 4 is 17.8 Å². The molecule has 86 valence electrons. The van der Waals surface area contributed by atoms with Gasteiger partial charge in [-0.25, -0.2) is 4.79 Å². The summed E-state index contributed by atoms with van der Waals surface area (Å²) >= 11 is 0. The van der Waals surface area contributed by atoms with Crippen LogP contribution in [-0.4, -0.2) is 18.9 Å². The molecule has 0 aliphatic carbocycles. The monoisotopic (exact) mass is 229 g/mol. The minimum absolute atomic E-state index is 0.0739. The Kier molecular flexibility index (Phi) is 4.18. The largest absolute Gasteiger partial charge is 0.465 e. The molecule has 0 amide bonds. The molecule has 4 heteroatoms. The van der Waals surface area contributed by atoms with E-state index < -0.39 is 11.8 Å². The summed E-state index contributed by atoms with van der Waals surface area (Å²) in [5, 5.41) is 8.89. The number of Topliss-reactive ketones (excluding diaryl/α,β-unsaturated/α-hetero) is 1. The Morgan fingerprint density at radius 1 is 1.35 bits per heavy atom. The summed E-state index contributed by atoms with van der Waals surface area (Å²) in [5.74, 6) is -1.10. The number of hydrogen-bond acceptors (Lipinski definition) is 4. The van der Waals surface area contributed by atoms with Gasteiger partial charge in [-0.15, -0.1) is 0 Å². The van der Waals surface area contributed by atoms with Crippen molar-refractivity contribution in [2.75, 3.05) is 7.11 Å². The normalized spacial score (nSPS) is 10.5. The van der Waals surface area contributed by atoms with Gasteiger partial charge in [-0.3, -0.25) is 4.79 Å². The Bertz CT molecular complexity index is 524. The smallest absolute Gasteiger partial charge is 0.341 e. The van der Waals surface area contributed by atoms with Crippen molar-refractivity contribution in [3.63, 3.8) is 0 Å². The molecule has 1 rings (SSSR count). The Morgan fingerprint density at radius 2 is 2.00 bits per heavy atom. The maximum Gasteiger partial charge on any atom is 0.341 e. The number of carbonyl (C=O) groups excluding carboxylic acids is 2. The second kappa shape index (κ2) is 5.61. The van der Waals surface area contributed by atoms with Crippen LogP contribution in [0.4, 0.5) is 0 Å². The number of carbonyl (C=O) groups is 2. The minimum atomic E-state index is -0.703. The molecule has 0 aromatic heterocycles. The molecule has 0 N–H and O–H groups in total. The van der Waals surface area contributed by atoms with Crippen molar-refractivity contribution in [1.29, 1.82) is 5.26 Å². The van der Waals surface area contributed by atoms with E-state index in [9.17, 15) is 9.59 Å². The summed E-state index contributed by atoms with van der Waals surface area (Å²) in [6, 6.07) is 8.69. The van der Waals surface area contributed by atoms with Crippen LogP contribution in [0, 0.1) is 11.3 Å². The summed E-state index contributed by atoms with van der Waals surface area (Å²) in [6.07, 6.45) is 1.37. The molecule has 0 bridgehead atoms. The van der Waals surface area contributed by atoms with Crippen LogP contribution >= 0.6 is 0 Å². The Morgan fingerprint density at radius 3 is 2.53 bits per heavy atom. The molecule has 0 saturated carbocycles. The van der Waals surface area contributed by atoms with Crippen molar-refractivity contribution < 1.29 is 14.3 Å². The number of methoxy groups -OCH3 is 1. The molecule has 0 fully saturated rings. The maximum atomic E-state index is 11.4. The molecule has 0 radical (unpaired) electrons. The highest BCUT2D eigenvalue weighted by atomic mass is 16.5. The molecule has 0 heterocycles. The average Bonchev–Trinajstić information content (AvgIpc) is 2.35. The third-order valence-corrected chi connectivity index (χ3v) is 2.17. The quantitative estimate of drug-likeness (QED) is 0.342. The van der Waals surface area contributed by atoms with E-state index >= 15 is 0 Å². The number of nitriles is 1. The zero-order chi connectivity index (χ0) is 12.8. The van der Waals surface area contributed by atoms with E-state index in [1.165, 1.54) is 20.1 Å². The van der Waals surface area contributed by atoms with Gasteiger partial charge in [0.1, 0.15) is 5.57 Å². The SMILES string of the molecule is COC(=O)C(=Cc1ccccc1C#N)C(C)=O. The number of benzene rings is 1. The summed E-state index contributed by atoms with van der Waals surface area (Å²) in [4.78, 5) is 22.7. The lowest BCUT2D eigenvalue weighted by Crippen LogP contribution is -2.11. The molecule has 17 heavy (non-hydrogen) atoms. The van der Waals surface area contributed by atoms with Crippen LogP contribution in [0.1, 0.15) is 18.1 Å². The zero-order valence-electron chi connectivity index (χ0n) is 9.56. The molecular weight excluding hydrogens is 218 g/mol. The minimum Gasteiger partial charge on any atom is -0.465 e. The fourth-order valence-electron chi connectivity index (χ4n) is 1.29. The van der Waals surface area contributed by atoms with Gasteiger partial charge in [-0.05, 0) is 24.6 Å². The van der Waals surface area contributed by atoms with E-state index in [4.69, 9.17) is 5.26 Å². The zero-order valence-corrected chi connectivity index (χ0v) is 9.56. The highest BCUT2D eigenvalue weighted by Crippen LogP contribution is 2.13. The molecule has 0 spiro atoms. The Balaban J connectivity index is 3.28. The van der Waals surface area contributed by atoms with E-state index in [0.29, 0.717) is 11.1 Å². The van der Waals surface area contributed by atoms with Crippen molar-refractivity contribution in [3.05, 3.63) is 41.0 Å². The van der Waals surface area contributed by atoms with Crippen LogP contribution in [0.3, 0.4) is 0 Å². The van der Waals surface area contributed by atoms with Crippen molar-refractivity contribution in [2.24, 2.45) is 0 Å². The van der Waals surface area contributed by atoms with Crippen molar-refractivity contribution in [2.45, 2.75) is 6.92 Å². The third-order valence-electron chi connectivity index (χ3n) is 2.17. The van der Waals surface area contributed by atoms with E-state index in [1.54, 1.807) is 24.3 Å². The van der Waals surface area contributed by atoms with Crippen molar-refractivity contribution in [1.82, 2.24) is 0 Å². The average molecular weight is 229 g/mol. The molecule has 0 atom stereocenters. The van der Waals surface area contributed by atoms with Gasteiger partial charge in [0.25, 0.3) is 0 Å². The highest BCUT2D eigenvalue weighted by Gasteiger charge is 2.15. The van der Waals surface area contributed by atoms with Gasteiger partial charge in [0.2, 0.25) is 0 Å². The standard InChI is InChI=1S/C13H11NO3/c1-9(15)12(13(16)17-2)7-10-5-3-4-6-11(10)8-14/h3-7H,1-2H3. The second-order valence-corrected chi connectivity index (χ2v) is 3.30. The predicted molar refractivity (Wildman–Crippen MR) is 61.8 cm³/mol. The van der Waals surface area contributed by atoms with E-state index in [1.807, 2.05) is 6.07 Å². The van der Waals surface area contributed by atoms with Crippen LogP contribution in [0.5, 0.6) is 0 Å². The molecule has 1 aromatic carbocycles. The fraction of sp³-hybridized carbons (Fsp3) is 0.154. The highest BCUT2D eigenvalue weighted by molar-refractivity contribution is 6.19. The number of hydrogen-bond donors (Lipinski definition) is 0. The van der Waals surface area contributed by atoms with Gasteiger partial charge in [-0.2, -0.15) is 5.26 Å². The summed E-state index contributed by atoms with van der Waals surface area (Å²) < 4.78 is 4.51. The fourth-order valence-corrected chi connectivity index (χ4v) is 1.29. The first kappa shape index (κ1) is 12.7. The lowest BCUT2D eigenvalue weighted by Gasteiger charge is -2.02. The van der Waals surface area contributed by atoms with Gasteiger partial charge >= 0.3 is 5.97 Å². The summed E-state index contributed by atoms with van der Waals surface area (Å²) in [5.41, 5.74) is 0.843. The first-order valence-electron chi connectivity index (χ1n) is 4.90. The first-order valence-corrected chi connectivity index (χ1v) is 4.90. The summed E-state index contributed by atoms with van der Waals surface area (Å²) in [6.45, 7) is 1.28. The molecular formula is C13H11NO3. The number of ketones is 1. The molecule has 0 unspecified atom stereocenters. The number of esters is 1. The van der Waals surface area contributed by atoms with E-state index in [-0.39, 0.29) is 5.57 Å². The van der Waals surface area contributed by atoms with E-state index in [0.717, 1.165) is 0 Å². The number of ether oxygens (including phenoxy) is 1. The van der Waals surface area contributed by atoms with Gasteiger partial charge in [0, 0.05) is 0 Å². The lowest BCUT2D eigenvalue weighted by atomic mass is 10.0. The van der Waals surface area contributed by atoms with Gasteiger partial charge in [0.05, 0.1) is 18.7 Å². The first-order chi connectivity index (χ1) is 8.10. The lowest BCUT2D eigenvalue weighted by molar-refractivity contribution is -0.137. The van der Waals surface area contributed by atoms with Gasteiger partial charge in [0.15, 0.2) is 5.78 Å². The van der Waals surface area contributed by atoms with Crippen LogP contribution in [0.15, 0.2) is 29.8 Å². The molecule has 0 saturated heterocycles. The van der Waals surface area contributed by atoms with E-state index in [2.05, 4.69) is 4.74 Å². The van der Waals surface area contributed by atoms with Crippen LogP contribution in [-0.2, 0) is 14.3 Å². The molecule has 0 aliphatic rings. The number of nitrogens with zero attached hydrogens (tertiary/aromatic N) is 1. The van der Waals surface area contributed by atoms with Crippen molar-refractivity contribution in [3.8, 4) is 6.07 Å². The van der Waals surface area contributed by atoms with Crippen LogP contribution in [0.2, 0.25) is 0 Å². The third kappa shape index (κ3) is 3.02. The van der Waals surface area contributed by atoms with Crippen LogP contribution < -0.4 is 0 Å².